The Morgan fingerprint density at radius 1 is 1.11 bits per heavy atom. The van der Waals surface area contributed by atoms with Crippen molar-refractivity contribution in [2.45, 2.75) is 25.2 Å². The van der Waals surface area contributed by atoms with Crippen molar-refractivity contribution in [1.82, 2.24) is 10.2 Å². The Labute approximate surface area is 116 Å². The summed E-state index contributed by atoms with van der Waals surface area (Å²) in [5.41, 5.74) is 2.65. The molecule has 2 heteroatoms. The summed E-state index contributed by atoms with van der Waals surface area (Å²) in [7, 11) is 0. The summed E-state index contributed by atoms with van der Waals surface area (Å²) in [6, 6.07) is 8.88. The summed E-state index contributed by atoms with van der Waals surface area (Å²) < 4.78 is 0. The predicted octanol–water partition coefficient (Wildman–Crippen LogP) is 2.21. The smallest absolute Gasteiger partial charge is 0.0606 e. The first-order valence-corrected chi connectivity index (χ1v) is 7.44. The number of hydrogen-bond donors (Lipinski definition) is 1. The van der Waals surface area contributed by atoms with Gasteiger partial charge >= 0.3 is 0 Å². The fourth-order valence-corrected chi connectivity index (χ4v) is 2.70. The lowest BCUT2D eigenvalue weighted by Crippen LogP contribution is -2.43. The summed E-state index contributed by atoms with van der Waals surface area (Å²) in [6.07, 6.45) is 4.14. The Morgan fingerprint density at radius 3 is 2.47 bits per heavy atom. The maximum Gasteiger partial charge on any atom is 0.0606 e. The molecule has 0 radical (unpaired) electrons. The highest BCUT2D eigenvalue weighted by atomic mass is 15.2. The van der Waals surface area contributed by atoms with Crippen LogP contribution in [0.4, 0.5) is 0 Å². The van der Waals surface area contributed by atoms with Crippen LogP contribution >= 0.6 is 0 Å². The van der Waals surface area contributed by atoms with Crippen molar-refractivity contribution in [1.29, 1.82) is 0 Å². The van der Waals surface area contributed by atoms with Crippen molar-refractivity contribution in [2.24, 2.45) is 0 Å². The molecule has 2 fully saturated rings. The molecule has 0 amide bonds. The van der Waals surface area contributed by atoms with E-state index < -0.39 is 0 Å². The number of piperazine rings is 1. The van der Waals surface area contributed by atoms with Gasteiger partial charge in [0, 0.05) is 31.7 Å². The van der Waals surface area contributed by atoms with Gasteiger partial charge in [-0.1, -0.05) is 30.4 Å². The number of nitrogens with one attached hydrogen (secondary N) is 1. The molecule has 0 unspecified atom stereocenters. The second kappa shape index (κ2) is 6.23. The van der Waals surface area contributed by atoms with Gasteiger partial charge in [-0.2, -0.15) is 0 Å². The van der Waals surface area contributed by atoms with Crippen molar-refractivity contribution in [3.8, 4) is 11.8 Å². The standard InChI is InChI=1S/C17H22N2/c1-4-16(5-1)17-8-6-15(7-9-17)3-2-12-19-13-10-18-11-14-19/h6-9,16,18H,1,4-5,10-14H2. The molecule has 100 valence electrons. The summed E-state index contributed by atoms with van der Waals surface area (Å²) in [5, 5.41) is 3.36. The Morgan fingerprint density at radius 2 is 1.84 bits per heavy atom. The molecule has 1 saturated heterocycles. The fourth-order valence-electron chi connectivity index (χ4n) is 2.70. The Hall–Kier alpha value is -1.30. The molecule has 0 bridgehead atoms. The summed E-state index contributed by atoms with van der Waals surface area (Å²) >= 11 is 0. The van der Waals surface area contributed by atoms with Crippen LogP contribution in [0.1, 0.15) is 36.3 Å². The first-order valence-electron chi connectivity index (χ1n) is 7.44. The average molecular weight is 254 g/mol. The van der Waals surface area contributed by atoms with Gasteiger partial charge in [0.25, 0.3) is 0 Å². The van der Waals surface area contributed by atoms with Crippen molar-refractivity contribution in [3.05, 3.63) is 35.4 Å². The molecule has 2 aliphatic rings. The Balaban J connectivity index is 1.54. The molecule has 19 heavy (non-hydrogen) atoms. The van der Waals surface area contributed by atoms with Crippen molar-refractivity contribution >= 4 is 0 Å². The minimum Gasteiger partial charge on any atom is -0.314 e. The maximum atomic E-state index is 3.36. The Kier molecular flexibility index (Phi) is 4.17. The first-order chi connectivity index (χ1) is 9.42. The van der Waals surface area contributed by atoms with Crippen LogP contribution < -0.4 is 5.32 Å². The molecule has 0 aromatic heterocycles. The molecule has 1 aliphatic heterocycles. The number of rotatable bonds is 2. The van der Waals surface area contributed by atoms with Gasteiger partial charge in [0.2, 0.25) is 0 Å². The molecule has 1 heterocycles. The molecule has 1 aromatic carbocycles. The lowest BCUT2D eigenvalue weighted by atomic mass is 9.80. The topological polar surface area (TPSA) is 15.3 Å². The second-order valence-electron chi connectivity index (χ2n) is 5.58. The summed E-state index contributed by atoms with van der Waals surface area (Å²) in [4.78, 5) is 2.41. The van der Waals surface area contributed by atoms with Crippen LogP contribution in [-0.2, 0) is 0 Å². The van der Waals surface area contributed by atoms with E-state index >= 15 is 0 Å². The van der Waals surface area contributed by atoms with Gasteiger partial charge in [-0.05, 0) is 36.5 Å². The van der Waals surface area contributed by atoms with E-state index in [1.807, 2.05) is 0 Å². The van der Waals surface area contributed by atoms with E-state index in [0.29, 0.717) is 0 Å². The summed E-state index contributed by atoms with van der Waals surface area (Å²) in [5.74, 6) is 7.40. The predicted molar refractivity (Wildman–Crippen MR) is 79.2 cm³/mol. The number of benzene rings is 1. The molecule has 1 aliphatic carbocycles. The molecule has 0 spiro atoms. The minimum absolute atomic E-state index is 0.822. The third-order valence-corrected chi connectivity index (χ3v) is 4.23. The minimum atomic E-state index is 0.822. The van der Waals surface area contributed by atoms with E-state index in [9.17, 15) is 0 Å². The molecule has 3 rings (SSSR count). The van der Waals surface area contributed by atoms with Crippen LogP contribution in [0.2, 0.25) is 0 Å². The highest BCUT2D eigenvalue weighted by Crippen LogP contribution is 2.36. The molecule has 1 aromatic rings. The van der Waals surface area contributed by atoms with E-state index in [1.165, 1.54) is 24.8 Å². The van der Waals surface area contributed by atoms with E-state index in [2.05, 4.69) is 46.3 Å². The van der Waals surface area contributed by atoms with Crippen LogP contribution in [0, 0.1) is 11.8 Å². The second-order valence-corrected chi connectivity index (χ2v) is 5.58. The zero-order valence-electron chi connectivity index (χ0n) is 11.5. The lowest BCUT2D eigenvalue weighted by molar-refractivity contribution is 0.268. The van der Waals surface area contributed by atoms with Crippen LogP contribution in [-0.4, -0.2) is 37.6 Å². The number of nitrogens with zero attached hydrogens (tertiary/aromatic N) is 1. The van der Waals surface area contributed by atoms with Crippen LogP contribution in [0.25, 0.3) is 0 Å². The van der Waals surface area contributed by atoms with Crippen LogP contribution in [0.15, 0.2) is 24.3 Å². The monoisotopic (exact) mass is 254 g/mol. The lowest BCUT2D eigenvalue weighted by Gasteiger charge is -2.25. The normalized spacial score (nSPS) is 20.4. The van der Waals surface area contributed by atoms with Crippen molar-refractivity contribution in [3.63, 3.8) is 0 Å². The van der Waals surface area contributed by atoms with Crippen LogP contribution in [0.3, 0.4) is 0 Å². The molecular weight excluding hydrogens is 232 g/mol. The van der Waals surface area contributed by atoms with Gasteiger partial charge in [0.1, 0.15) is 0 Å². The van der Waals surface area contributed by atoms with E-state index in [4.69, 9.17) is 0 Å². The third-order valence-electron chi connectivity index (χ3n) is 4.23. The third kappa shape index (κ3) is 3.37. The van der Waals surface area contributed by atoms with Crippen molar-refractivity contribution < 1.29 is 0 Å². The van der Waals surface area contributed by atoms with E-state index in [0.717, 1.165) is 44.2 Å². The van der Waals surface area contributed by atoms with Gasteiger partial charge < -0.3 is 5.32 Å². The molecule has 0 atom stereocenters. The SMILES string of the molecule is C(#Cc1ccc(C2CCC2)cc1)CN1CCNCC1. The van der Waals surface area contributed by atoms with E-state index in [-0.39, 0.29) is 0 Å². The largest absolute Gasteiger partial charge is 0.314 e. The van der Waals surface area contributed by atoms with Crippen molar-refractivity contribution in [2.75, 3.05) is 32.7 Å². The quantitative estimate of drug-likeness (QED) is 0.814. The average Bonchev–Trinajstić information content (AvgIpc) is 2.40. The van der Waals surface area contributed by atoms with Gasteiger partial charge in [-0.3, -0.25) is 4.90 Å². The highest BCUT2D eigenvalue weighted by Gasteiger charge is 2.18. The Bertz CT molecular complexity index is 456. The molecular formula is C17H22N2. The highest BCUT2D eigenvalue weighted by molar-refractivity contribution is 5.37. The van der Waals surface area contributed by atoms with Gasteiger partial charge in [0.05, 0.1) is 6.54 Å². The first kappa shape index (κ1) is 12.7. The van der Waals surface area contributed by atoms with Gasteiger partial charge in [-0.25, -0.2) is 0 Å². The molecule has 1 N–H and O–H groups in total. The molecule has 2 nitrogen and oxygen atoms in total. The van der Waals surface area contributed by atoms with E-state index in [1.54, 1.807) is 0 Å². The van der Waals surface area contributed by atoms with Crippen LogP contribution in [0.5, 0.6) is 0 Å². The van der Waals surface area contributed by atoms with Gasteiger partial charge in [-0.15, -0.1) is 0 Å². The molecule has 1 saturated carbocycles. The fraction of sp³-hybridized carbons (Fsp3) is 0.529. The number of hydrogen-bond acceptors (Lipinski definition) is 2. The zero-order valence-corrected chi connectivity index (χ0v) is 11.5. The van der Waals surface area contributed by atoms with Gasteiger partial charge in [0.15, 0.2) is 0 Å². The summed E-state index contributed by atoms with van der Waals surface area (Å²) in [6.45, 7) is 5.33. The zero-order chi connectivity index (χ0) is 12.9. The maximum absolute atomic E-state index is 3.36.